The minimum absolute atomic E-state index is 0.0471. The Morgan fingerprint density at radius 3 is 2.86 bits per heavy atom. The smallest absolute Gasteiger partial charge is 0.410 e. The van der Waals surface area contributed by atoms with Crippen molar-refractivity contribution in [2.45, 2.75) is 58.6 Å². The lowest BCUT2D eigenvalue weighted by atomic mass is 10.0. The van der Waals surface area contributed by atoms with E-state index in [1.54, 1.807) is 11.1 Å². The van der Waals surface area contributed by atoms with Gasteiger partial charge in [-0.25, -0.2) is 9.78 Å². The molecule has 5 heteroatoms. The summed E-state index contributed by atoms with van der Waals surface area (Å²) in [6.45, 7) is 8.84. The van der Waals surface area contributed by atoms with Gasteiger partial charge in [-0.1, -0.05) is 0 Å². The Bertz CT molecular complexity index is 511. The number of likely N-dealkylation sites (tertiary alicyclic amines) is 1. The Labute approximate surface area is 132 Å². The van der Waals surface area contributed by atoms with Gasteiger partial charge < -0.3 is 14.4 Å². The third-order valence-electron chi connectivity index (χ3n) is 3.57. The molecular formula is C17H26N2O3. The summed E-state index contributed by atoms with van der Waals surface area (Å²) in [5.41, 5.74) is 0.635. The first kappa shape index (κ1) is 16.6. The van der Waals surface area contributed by atoms with E-state index in [1.165, 1.54) is 0 Å². The number of carbonyl (C=O) groups excluding carboxylic acids is 1. The van der Waals surface area contributed by atoms with Crippen LogP contribution in [0, 0.1) is 6.92 Å². The van der Waals surface area contributed by atoms with Crippen LogP contribution in [0.3, 0.4) is 0 Å². The second kappa shape index (κ2) is 6.99. The molecule has 1 saturated heterocycles. The lowest BCUT2D eigenvalue weighted by molar-refractivity contribution is 0.00334. The van der Waals surface area contributed by atoms with Gasteiger partial charge in [-0.3, -0.25) is 0 Å². The predicted octanol–water partition coefficient (Wildman–Crippen LogP) is 3.56. The van der Waals surface area contributed by atoms with E-state index in [4.69, 9.17) is 9.47 Å². The molecule has 0 spiro atoms. The number of rotatable bonds is 3. The second-order valence-electron chi connectivity index (χ2n) is 6.81. The normalized spacial score (nSPS) is 18.9. The third-order valence-corrected chi connectivity index (χ3v) is 3.57. The van der Waals surface area contributed by atoms with Gasteiger partial charge in [-0.05, 0) is 58.6 Å². The van der Waals surface area contributed by atoms with Crippen molar-refractivity contribution in [2.75, 3.05) is 13.2 Å². The molecule has 1 amide bonds. The van der Waals surface area contributed by atoms with Gasteiger partial charge in [0.2, 0.25) is 5.88 Å². The minimum atomic E-state index is -0.474. The van der Waals surface area contributed by atoms with Crippen LogP contribution in [0.1, 0.15) is 45.6 Å². The highest BCUT2D eigenvalue weighted by atomic mass is 16.6. The number of aromatic nitrogens is 1. The molecular weight excluding hydrogens is 280 g/mol. The average molecular weight is 306 g/mol. The standard InChI is InChI=1S/C17H26N2O3/c1-13-8-9-18-15(11-13)21-12-14-7-5-6-10-19(14)16(20)22-17(2,3)4/h8-9,11,14H,5-7,10,12H2,1-4H3/t14-/m0/s1. The summed E-state index contributed by atoms with van der Waals surface area (Å²) in [6.07, 6.45) is 4.54. The van der Waals surface area contributed by atoms with E-state index in [2.05, 4.69) is 4.98 Å². The van der Waals surface area contributed by atoms with Gasteiger partial charge in [0.15, 0.2) is 0 Å². The average Bonchev–Trinajstić information content (AvgIpc) is 2.44. The lowest BCUT2D eigenvalue weighted by Crippen LogP contribution is -2.48. The van der Waals surface area contributed by atoms with Crippen LogP contribution in [0.25, 0.3) is 0 Å². The van der Waals surface area contributed by atoms with E-state index in [9.17, 15) is 4.79 Å². The SMILES string of the molecule is Cc1ccnc(OC[C@@H]2CCCCN2C(=O)OC(C)(C)C)c1. The molecule has 0 aromatic carbocycles. The van der Waals surface area contributed by atoms with E-state index in [1.807, 2.05) is 39.8 Å². The second-order valence-corrected chi connectivity index (χ2v) is 6.81. The fourth-order valence-electron chi connectivity index (χ4n) is 2.50. The summed E-state index contributed by atoms with van der Waals surface area (Å²) in [6, 6.07) is 3.88. The fraction of sp³-hybridized carbons (Fsp3) is 0.647. The van der Waals surface area contributed by atoms with Gasteiger partial charge in [0.05, 0.1) is 6.04 Å². The van der Waals surface area contributed by atoms with E-state index in [0.29, 0.717) is 12.5 Å². The maximum Gasteiger partial charge on any atom is 0.410 e. The van der Waals surface area contributed by atoms with Crippen LogP contribution in [0.5, 0.6) is 5.88 Å². The maximum absolute atomic E-state index is 12.3. The molecule has 0 aliphatic carbocycles. The summed E-state index contributed by atoms with van der Waals surface area (Å²) < 4.78 is 11.3. The van der Waals surface area contributed by atoms with Crippen LogP contribution >= 0.6 is 0 Å². The number of aryl methyl sites for hydroxylation is 1. The summed E-state index contributed by atoms with van der Waals surface area (Å²) in [7, 11) is 0. The molecule has 1 atom stereocenters. The molecule has 5 nitrogen and oxygen atoms in total. The lowest BCUT2D eigenvalue weighted by Gasteiger charge is -2.36. The van der Waals surface area contributed by atoms with Gasteiger partial charge in [0, 0.05) is 18.8 Å². The number of nitrogens with zero attached hydrogens (tertiary/aromatic N) is 2. The summed E-state index contributed by atoms with van der Waals surface area (Å²) >= 11 is 0. The van der Waals surface area contributed by atoms with Crippen molar-refractivity contribution in [3.8, 4) is 5.88 Å². The fourth-order valence-corrected chi connectivity index (χ4v) is 2.50. The molecule has 1 aromatic rings. The highest BCUT2D eigenvalue weighted by Gasteiger charge is 2.30. The molecule has 0 N–H and O–H groups in total. The quantitative estimate of drug-likeness (QED) is 0.857. The van der Waals surface area contributed by atoms with E-state index in [0.717, 1.165) is 31.4 Å². The van der Waals surface area contributed by atoms with Gasteiger partial charge in [0.25, 0.3) is 0 Å². The Morgan fingerprint density at radius 1 is 1.41 bits per heavy atom. The van der Waals surface area contributed by atoms with Crippen LogP contribution < -0.4 is 4.74 Å². The molecule has 0 bridgehead atoms. The van der Waals surface area contributed by atoms with Gasteiger partial charge >= 0.3 is 6.09 Å². The molecule has 122 valence electrons. The molecule has 0 saturated carbocycles. The minimum Gasteiger partial charge on any atom is -0.475 e. The predicted molar refractivity (Wildman–Crippen MR) is 85.0 cm³/mol. The summed E-state index contributed by atoms with van der Waals surface area (Å²) in [4.78, 5) is 18.3. The Morgan fingerprint density at radius 2 is 2.18 bits per heavy atom. The number of hydrogen-bond acceptors (Lipinski definition) is 4. The zero-order valence-electron chi connectivity index (χ0n) is 14.0. The molecule has 1 aliphatic rings. The summed E-state index contributed by atoms with van der Waals surface area (Å²) in [5, 5.41) is 0. The maximum atomic E-state index is 12.3. The van der Waals surface area contributed by atoms with Crippen LogP contribution in [-0.2, 0) is 4.74 Å². The van der Waals surface area contributed by atoms with Crippen LogP contribution in [0.4, 0.5) is 4.79 Å². The van der Waals surface area contributed by atoms with E-state index >= 15 is 0 Å². The number of amides is 1. The first-order valence-corrected chi connectivity index (χ1v) is 7.90. The van der Waals surface area contributed by atoms with Crippen molar-refractivity contribution in [3.05, 3.63) is 23.9 Å². The Hall–Kier alpha value is -1.78. The van der Waals surface area contributed by atoms with Crippen molar-refractivity contribution in [2.24, 2.45) is 0 Å². The Balaban J connectivity index is 1.96. The van der Waals surface area contributed by atoms with Gasteiger partial charge in [-0.2, -0.15) is 0 Å². The zero-order chi connectivity index (χ0) is 16.2. The highest BCUT2D eigenvalue weighted by molar-refractivity contribution is 5.68. The van der Waals surface area contributed by atoms with Crippen molar-refractivity contribution >= 4 is 6.09 Å². The highest BCUT2D eigenvalue weighted by Crippen LogP contribution is 2.21. The van der Waals surface area contributed by atoms with Crippen molar-refractivity contribution in [1.29, 1.82) is 0 Å². The Kier molecular flexibility index (Phi) is 5.27. The van der Waals surface area contributed by atoms with Crippen LogP contribution in [-0.4, -0.2) is 40.8 Å². The van der Waals surface area contributed by atoms with Gasteiger partial charge in [-0.15, -0.1) is 0 Å². The topological polar surface area (TPSA) is 51.7 Å². The van der Waals surface area contributed by atoms with Gasteiger partial charge in [0.1, 0.15) is 12.2 Å². The van der Waals surface area contributed by atoms with Crippen LogP contribution in [0.15, 0.2) is 18.3 Å². The number of carbonyl (C=O) groups is 1. The molecule has 0 unspecified atom stereocenters. The zero-order valence-corrected chi connectivity index (χ0v) is 14.0. The molecule has 22 heavy (non-hydrogen) atoms. The largest absolute Gasteiger partial charge is 0.475 e. The molecule has 1 aliphatic heterocycles. The molecule has 1 aromatic heterocycles. The van der Waals surface area contributed by atoms with Crippen LogP contribution in [0.2, 0.25) is 0 Å². The number of hydrogen-bond donors (Lipinski definition) is 0. The number of ether oxygens (including phenoxy) is 2. The molecule has 2 rings (SSSR count). The molecule has 0 radical (unpaired) electrons. The first-order valence-electron chi connectivity index (χ1n) is 7.90. The molecule has 2 heterocycles. The van der Waals surface area contributed by atoms with Crippen molar-refractivity contribution in [1.82, 2.24) is 9.88 Å². The number of piperidine rings is 1. The number of pyridine rings is 1. The van der Waals surface area contributed by atoms with E-state index in [-0.39, 0.29) is 12.1 Å². The van der Waals surface area contributed by atoms with Crippen molar-refractivity contribution < 1.29 is 14.3 Å². The summed E-state index contributed by atoms with van der Waals surface area (Å²) in [5.74, 6) is 0.606. The molecule has 1 fully saturated rings. The van der Waals surface area contributed by atoms with Crippen molar-refractivity contribution in [3.63, 3.8) is 0 Å². The first-order chi connectivity index (χ1) is 10.3. The third kappa shape index (κ3) is 4.90. The van der Waals surface area contributed by atoms with E-state index < -0.39 is 5.60 Å². The monoisotopic (exact) mass is 306 g/mol.